The second kappa shape index (κ2) is 7.73. The number of nitrogens with one attached hydrogen (secondary N) is 1. The highest BCUT2D eigenvalue weighted by Crippen LogP contribution is 2.31. The Bertz CT molecular complexity index is 1140. The van der Waals surface area contributed by atoms with E-state index >= 15 is 4.39 Å². The SMILES string of the molecule is O=C(NCc1cccnc1)C1(F)CCCN(S(=O)(=O)c2cccc3nsnc23)C1. The van der Waals surface area contributed by atoms with E-state index in [1.807, 2.05) is 0 Å². The van der Waals surface area contributed by atoms with Gasteiger partial charge in [-0.05, 0) is 36.6 Å². The molecule has 3 aromatic rings. The number of amides is 1. The minimum atomic E-state index is -4.02. The molecule has 29 heavy (non-hydrogen) atoms. The highest BCUT2D eigenvalue weighted by atomic mass is 32.2. The maximum absolute atomic E-state index is 15.5. The molecule has 152 valence electrons. The third-order valence-electron chi connectivity index (χ3n) is 4.86. The fourth-order valence-electron chi connectivity index (χ4n) is 3.34. The molecule has 1 N–H and O–H groups in total. The lowest BCUT2D eigenvalue weighted by Gasteiger charge is -2.35. The Balaban J connectivity index is 1.54. The standard InChI is InChI=1S/C18H18FN5O3S2/c19-18(17(25)21-11-13-4-2-8-20-10-13)7-3-9-24(12-18)29(26,27)15-6-1-5-14-16(15)23-28-22-14/h1-2,4-6,8,10H,3,7,9,11-12H2,(H,21,25). The predicted molar refractivity (Wildman–Crippen MR) is 105 cm³/mol. The van der Waals surface area contributed by atoms with Gasteiger partial charge in [0.1, 0.15) is 15.9 Å². The molecular formula is C18H18FN5O3S2. The zero-order chi connectivity index (χ0) is 20.5. The molecule has 4 rings (SSSR count). The van der Waals surface area contributed by atoms with Gasteiger partial charge in [0.05, 0.1) is 18.3 Å². The first-order chi connectivity index (χ1) is 13.9. The number of sulfonamides is 1. The Hall–Kier alpha value is -2.50. The number of hydrogen-bond acceptors (Lipinski definition) is 7. The summed E-state index contributed by atoms with van der Waals surface area (Å²) in [7, 11) is -4.02. The van der Waals surface area contributed by atoms with E-state index in [2.05, 4.69) is 19.0 Å². The average Bonchev–Trinajstić information content (AvgIpc) is 3.21. The van der Waals surface area contributed by atoms with Crippen molar-refractivity contribution in [3.05, 3.63) is 48.3 Å². The molecule has 2 aromatic heterocycles. The maximum Gasteiger partial charge on any atom is 0.259 e. The first kappa shape index (κ1) is 19.8. The van der Waals surface area contributed by atoms with Gasteiger partial charge in [-0.25, -0.2) is 12.8 Å². The zero-order valence-electron chi connectivity index (χ0n) is 15.3. The molecule has 0 bridgehead atoms. The van der Waals surface area contributed by atoms with Crippen molar-refractivity contribution in [1.82, 2.24) is 23.4 Å². The number of carbonyl (C=O) groups excluding carboxylic acids is 1. The molecule has 1 atom stereocenters. The van der Waals surface area contributed by atoms with E-state index in [1.54, 1.807) is 36.7 Å². The molecule has 1 aliphatic heterocycles. The molecule has 0 radical (unpaired) electrons. The van der Waals surface area contributed by atoms with Crippen molar-refractivity contribution in [2.45, 2.75) is 30.0 Å². The number of fused-ring (bicyclic) bond motifs is 1. The van der Waals surface area contributed by atoms with Gasteiger partial charge >= 0.3 is 0 Å². The van der Waals surface area contributed by atoms with Gasteiger partial charge in [0.25, 0.3) is 5.91 Å². The molecule has 8 nitrogen and oxygen atoms in total. The van der Waals surface area contributed by atoms with Gasteiger partial charge < -0.3 is 5.32 Å². The second-order valence-electron chi connectivity index (χ2n) is 6.84. The number of pyridine rings is 1. The van der Waals surface area contributed by atoms with Crippen LogP contribution in [0.5, 0.6) is 0 Å². The minimum absolute atomic E-state index is 0.0243. The van der Waals surface area contributed by atoms with E-state index < -0.39 is 28.1 Å². The summed E-state index contributed by atoms with van der Waals surface area (Å²) in [6.45, 7) is -0.283. The van der Waals surface area contributed by atoms with Crippen LogP contribution in [0, 0.1) is 0 Å². The Labute approximate surface area is 171 Å². The lowest BCUT2D eigenvalue weighted by atomic mass is 9.95. The summed E-state index contributed by atoms with van der Waals surface area (Å²) in [5, 5.41) is 2.55. The Morgan fingerprint density at radius 2 is 2.14 bits per heavy atom. The van der Waals surface area contributed by atoms with Gasteiger partial charge in [0.15, 0.2) is 0 Å². The highest BCUT2D eigenvalue weighted by molar-refractivity contribution is 7.89. The van der Waals surface area contributed by atoms with Crippen molar-refractivity contribution >= 4 is 38.7 Å². The van der Waals surface area contributed by atoms with Gasteiger partial charge in [-0.2, -0.15) is 13.1 Å². The molecule has 3 heterocycles. The molecule has 11 heteroatoms. The summed E-state index contributed by atoms with van der Waals surface area (Å²) in [5.41, 5.74) is -0.850. The molecule has 1 fully saturated rings. The van der Waals surface area contributed by atoms with E-state index in [9.17, 15) is 13.2 Å². The Morgan fingerprint density at radius 1 is 1.28 bits per heavy atom. The van der Waals surface area contributed by atoms with E-state index in [4.69, 9.17) is 0 Å². The number of hydrogen-bond donors (Lipinski definition) is 1. The summed E-state index contributed by atoms with van der Waals surface area (Å²) >= 11 is 0.913. The molecule has 1 amide bonds. The van der Waals surface area contributed by atoms with Crippen LogP contribution in [0.2, 0.25) is 0 Å². The first-order valence-electron chi connectivity index (χ1n) is 8.98. The topological polar surface area (TPSA) is 105 Å². The van der Waals surface area contributed by atoms with Gasteiger partial charge in [0.2, 0.25) is 15.7 Å². The smallest absolute Gasteiger partial charge is 0.259 e. The van der Waals surface area contributed by atoms with Crippen LogP contribution in [-0.2, 0) is 21.4 Å². The monoisotopic (exact) mass is 435 g/mol. The molecule has 0 spiro atoms. The lowest BCUT2D eigenvalue weighted by Crippen LogP contribution is -2.55. The van der Waals surface area contributed by atoms with Gasteiger partial charge in [-0.15, -0.1) is 0 Å². The van der Waals surface area contributed by atoms with E-state index in [0.29, 0.717) is 5.52 Å². The van der Waals surface area contributed by atoms with E-state index in [-0.39, 0.29) is 36.3 Å². The van der Waals surface area contributed by atoms with Crippen LogP contribution in [0.4, 0.5) is 4.39 Å². The van der Waals surface area contributed by atoms with Crippen molar-refractivity contribution in [2.24, 2.45) is 0 Å². The molecule has 1 saturated heterocycles. The van der Waals surface area contributed by atoms with Crippen molar-refractivity contribution in [3.8, 4) is 0 Å². The van der Waals surface area contributed by atoms with Crippen LogP contribution in [0.15, 0.2) is 47.6 Å². The Morgan fingerprint density at radius 3 is 2.93 bits per heavy atom. The van der Waals surface area contributed by atoms with Gasteiger partial charge in [-0.1, -0.05) is 12.1 Å². The summed E-state index contributed by atoms with van der Waals surface area (Å²) in [6, 6.07) is 8.15. The number of piperidine rings is 1. The number of rotatable bonds is 5. The Kier molecular flexibility index (Phi) is 5.28. The quantitative estimate of drug-likeness (QED) is 0.656. The summed E-state index contributed by atoms with van der Waals surface area (Å²) in [4.78, 5) is 16.4. The zero-order valence-corrected chi connectivity index (χ0v) is 16.9. The van der Waals surface area contributed by atoms with Crippen molar-refractivity contribution < 1.29 is 17.6 Å². The molecule has 1 unspecified atom stereocenters. The van der Waals surface area contributed by atoms with Crippen LogP contribution in [0.3, 0.4) is 0 Å². The van der Waals surface area contributed by atoms with E-state index in [1.165, 1.54) is 6.07 Å². The molecule has 1 aromatic carbocycles. The first-order valence-corrected chi connectivity index (χ1v) is 11.1. The van der Waals surface area contributed by atoms with E-state index in [0.717, 1.165) is 21.6 Å². The molecule has 1 aliphatic rings. The normalized spacial score (nSPS) is 20.6. The summed E-state index contributed by atoms with van der Waals surface area (Å²) < 4.78 is 50.9. The molecule has 0 saturated carbocycles. The number of benzene rings is 1. The second-order valence-corrected chi connectivity index (χ2v) is 9.27. The van der Waals surface area contributed by atoms with Crippen molar-refractivity contribution in [3.63, 3.8) is 0 Å². The summed E-state index contributed by atoms with van der Waals surface area (Å²) in [5.74, 6) is -0.824. The average molecular weight is 436 g/mol. The van der Waals surface area contributed by atoms with Crippen LogP contribution >= 0.6 is 11.7 Å². The van der Waals surface area contributed by atoms with Crippen LogP contribution in [0.1, 0.15) is 18.4 Å². The van der Waals surface area contributed by atoms with Gasteiger partial charge in [-0.3, -0.25) is 9.78 Å². The predicted octanol–water partition coefficient (Wildman–Crippen LogP) is 1.90. The third kappa shape index (κ3) is 3.85. The van der Waals surface area contributed by atoms with Gasteiger partial charge in [0, 0.05) is 25.5 Å². The van der Waals surface area contributed by atoms with Crippen molar-refractivity contribution in [1.29, 1.82) is 0 Å². The number of halogens is 1. The van der Waals surface area contributed by atoms with Crippen LogP contribution in [0.25, 0.3) is 11.0 Å². The summed E-state index contributed by atoms with van der Waals surface area (Å²) in [6.07, 6.45) is 3.37. The maximum atomic E-state index is 15.5. The fourth-order valence-corrected chi connectivity index (χ4v) is 5.61. The molecular weight excluding hydrogens is 417 g/mol. The highest BCUT2D eigenvalue weighted by Gasteiger charge is 2.46. The molecule has 0 aliphatic carbocycles. The minimum Gasteiger partial charge on any atom is -0.349 e. The number of nitrogens with zero attached hydrogens (tertiary/aromatic N) is 4. The van der Waals surface area contributed by atoms with Crippen LogP contribution < -0.4 is 5.32 Å². The lowest BCUT2D eigenvalue weighted by molar-refractivity contribution is -0.135. The number of aromatic nitrogens is 3. The largest absolute Gasteiger partial charge is 0.349 e. The third-order valence-corrected chi connectivity index (χ3v) is 7.28. The van der Waals surface area contributed by atoms with Crippen molar-refractivity contribution in [2.75, 3.05) is 13.1 Å². The number of alkyl halides is 1. The number of carbonyl (C=O) groups is 1. The van der Waals surface area contributed by atoms with Crippen LogP contribution in [-0.4, -0.2) is 51.1 Å². The fraction of sp³-hybridized carbons (Fsp3) is 0.333.